The van der Waals surface area contributed by atoms with Gasteiger partial charge in [0, 0.05) is 18.9 Å². The highest BCUT2D eigenvalue weighted by atomic mass is 16.7. The van der Waals surface area contributed by atoms with Gasteiger partial charge in [-0.2, -0.15) is 5.10 Å². The van der Waals surface area contributed by atoms with Crippen LogP contribution in [0.3, 0.4) is 0 Å². The molecule has 0 spiro atoms. The SMILES string of the molecule is CCOC(OCC)C(=O)c1cn[nH]c1CC. The van der Waals surface area contributed by atoms with Gasteiger partial charge in [-0.05, 0) is 20.3 Å². The fourth-order valence-corrected chi connectivity index (χ4v) is 1.42. The Bertz CT molecular complexity index is 330. The Morgan fingerprint density at radius 1 is 1.38 bits per heavy atom. The van der Waals surface area contributed by atoms with Crippen LogP contribution in [0.1, 0.15) is 36.8 Å². The lowest BCUT2D eigenvalue weighted by Crippen LogP contribution is -2.28. The van der Waals surface area contributed by atoms with Gasteiger partial charge >= 0.3 is 0 Å². The van der Waals surface area contributed by atoms with Gasteiger partial charge in [-0.3, -0.25) is 9.89 Å². The van der Waals surface area contributed by atoms with Crippen molar-refractivity contribution in [3.05, 3.63) is 17.5 Å². The monoisotopic (exact) mass is 226 g/mol. The van der Waals surface area contributed by atoms with E-state index in [0.717, 1.165) is 12.1 Å². The van der Waals surface area contributed by atoms with Gasteiger partial charge in [-0.25, -0.2) is 0 Å². The molecule has 0 radical (unpaired) electrons. The summed E-state index contributed by atoms with van der Waals surface area (Å²) in [6.07, 6.45) is 1.43. The lowest BCUT2D eigenvalue weighted by atomic mass is 10.1. The van der Waals surface area contributed by atoms with E-state index in [1.54, 1.807) is 0 Å². The number of nitrogens with one attached hydrogen (secondary N) is 1. The van der Waals surface area contributed by atoms with Crippen molar-refractivity contribution in [1.82, 2.24) is 10.2 Å². The lowest BCUT2D eigenvalue weighted by molar-refractivity contribution is -0.107. The van der Waals surface area contributed by atoms with Crippen molar-refractivity contribution in [2.75, 3.05) is 13.2 Å². The fraction of sp³-hybridized carbons (Fsp3) is 0.636. The molecule has 1 heterocycles. The minimum atomic E-state index is -0.821. The van der Waals surface area contributed by atoms with Crippen LogP contribution in [0.2, 0.25) is 0 Å². The summed E-state index contributed by atoms with van der Waals surface area (Å²) >= 11 is 0. The lowest BCUT2D eigenvalue weighted by Gasteiger charge is -2.15. The second-order valence-corrected chi connectivity index (χ2v) is 3.22. The molecule has 1 N–H and O–H groups in total. The number of carbonyl (C=O) groups is 1. The molecule has 16 heavy (non-hydrogen) atoms. The quantitative estimate of drug-likeness (QED) is 0.566. The molecule has 0 saturated carbocycles. The predicted molar refractivity (Wildman–Crippen MR) is 59.3 cm³/mol. The average Bonchev–Trinajstić information content (AvgIpc) is 2.75. The van der Waals surface area contributed by atoms with Gasteiger partial charge in [0.25, 0.3) is 0 Å². The molecule has 0 unspecified atom stereocenters. The number of Topliss-reactive ketones (excluding diaryl/α,β-unsaturated/α-hetero) is 1. The van der Waals surface area contributed by atoms with Gasteiger partial charge in [0.05, 0.1) is 11.8 Å². The maximum Gasteiger partial charge on any atom is 0.222 e. The topological polar surface area (TPSA) is 64.2 Å². The highest BCUT2D eigenvalue weighted by Gasteiger charge is 2.23. The summed E-state index contributed by atoms with van der Waals surface area (Å²) in [7, 11) is 0. The predicted octanol–water partition coefficient (Wildman–Crippen LogP) is 1.55. The third kappa shape index (κ3) is 2.90. The standard InChI is InChI=1S/C11H18N2O3/c1-4-9-8(7-12-13-9)10(14)11(15-5-2)16-6-3/h7,11H,4-6H2,1-3H3,(H,12,13). The third-order valence-electron chi connectivity index (χ3n) is 2.19. The first-order valence-electron chi connectivity index (χ1n) is 5.54. The number of hydrogen-bond donors (Lipinski definition) is 1. The number of nitrogens with zero attached hydrogens (tertiary/aromatic N) is 1. The number of hydrogen-bond acceptors (Lipinski definition) is 4. The fourth-order valence-electron chi connectivity index (χ4n) is 1.42. The maximum absolute atomic E-state index is 12.1. The van der Waals surface area contributed by atoms with E-state index >= 15 is 0 Å². The smallest absolute Gasteiger partial charge is 0.222 e. The molecule has 0 atom stereocenters. The Morgan fingerprint density at radius 2 is 2.00 bits per heavy atom. The average molecular weight is 226 g/mol. The molecule has 0 bridgehead atoms. The Balaban J connectivity index is 2.81. The van der Waals surface area contributed by atoms with E-state index in [1.165, 1.54) is 6.20 Å². The Hall–Kier alpha value is -1.20. The molecule has 90 valence electrons. The Kier molecular flexibility index (Phi) is 5.14. The van der Waals surface area contributed by atoms with E-state index in [4.69, 9.17) is 9.47 Å². The van der Waals surface area contributed by atoms with Crippen molar-refractivity contribution in [3.63, 3.8) is 0 Å². The molecule has 1 aromatic heterocycles. The van der Waals surface area contributed by atoms with Gasteiger partial charge < -0.3 is 9.47 Å². The van der Waals surface area contributed by atoms with E-state index < -0.39 is 6.29 Å². The first kappa shape index (κ1) is 12.9. The van der Waals surface area contributed by atoms with Crippen LogP contribution in [0.5, 0.6) is 0 Å². The number of rotatable bonds is 7. The molecule has 0 aliphatic carbocycles. The number of ketones is 1. The molecule has 0 amide bonds. The second kappa shape index (κ2) is 6.40. The zero-order chi connectivity index (χ0) is 12.0. The van der Waals surface area contributed by atoms with Crippen LogP contribution in [-0.2, 0) is 15.9 Å². The number of ether oxygens (including phenoxy) is 2. The highest BCUT2D eigenvalue weighted by molar-refractivity contribution is 5.99. The van der Waals surface area contributed by atoms with Gasteiger partial charge in [0.1, 0.15) is 0 Å². The van der Waals surface area contributed by atoms with E-state index in [2.05, 4.69) is 10.2 Å². The van der Waals surface area contributed by atoms with Gasteiger partial charge in [-0.1, -0.05) is 6.92 Å². The summed E-state index contributed by atoms with van der Waals surface area (Å²) in [5.41, 5.74) is 1.36. The summed E-state index contributed by atoms with van der Waals surface area (Å²) in [4.78, 5) is 12.1. The first-order chi connectivity index (χ1) is 7.74. The molecular formula is C11H18N2O3. The van der Waals surface area contributed by atoms with E-state index in [9.17, 15) is 4.79 Å². The maximum atomic E-state index is 12.1. The van der Waals surface area contributed by atoms with Crippen LogP contribution in [0.25, 0.3) is 0 Å². The molecule has 5 heteroatoms. The van der Waals surface area contributed by atoms with Crippen molar-refractivity contribution in [2.24, 2.45) is 0 Å². The van der Waals surface area contributed by atoms with E-state index in [0.29, 0.717) is 18.8 Å². The highest BCUT2D eigenvalue weighted by Crippen LogP contribution is 2.11. The second-order valence-electron chi connectivity index (χ2n) is 3.22. The number of H-pyrrole nitrogens is 1. The molecule has 0 aliphatic rings. The number of aromatic nitrogens is 2. The Morgan fingerprint density at radius 3 is 2.50 bits per heavy atom. The molecule has 0 aromatic carbocycles. The largest absolute Gasteiger partial charge is 0.346 e. The number of aromatic amines is 1. The first-order valence-corrected chi connectivity index (χ1v) is 5.54. The molecule has 0 fully saturated rings. The van der Waals surface area contributed by atoms with E-state index in [1.807, 2.05) is 20.8 Å². The zero-order valence-electron chi connectivity index (χ0n) is 9.95. The normalized spacial score (nSPS) is 11.0. The van der Waals surface area contributed by atoms with Gasteiger partial charge in [-0.15, -0.1) is 0 Å². The van der Waals surface area contributed by atoms with Crippen molar-refractivity contribution in [3.8, 4) is 0 Å². The number of carbonyl (C=O) groups excluding carboxylic acids is 1. The van der Waals surface area contributed by atoms with Gasteiger partial charge in [0.15, 0.2) is 0 Å². The van der Waals surface area contributed by atoms with Crippen LogP contribution in [0, 0.1) is 0 Å². The number of aryl methyl sites for hydroxylation is 1. The van der Waals surface area contributed by atoms with Gasteiger partial charge in [0.2, 0.25) is 12.1 Å². The van der Waals surface area contributed by atoms with Crippen LogP contribution in [0.15, 0.2) is 6.20 Å². The molecule has 1 aromatic rings. The third-order valence-corrected chi connectivity index (χ3v) is 2.19. The minimum Gasteiger partial charge on any atom is -0.346 e. The summed E-state index contributed by atoms with van der Waals surface area (Å²) in [6, 6.07) is 0. The summed E-state index contributed by atoms with van der Waals surface area (Å²) in [5.74, 6) is -0.172. The van der Waals surface area contributed by atoms with Crippen LogP contribution in [-0.4, -0.2) is 35.5 Å². The zero-order valence-corrected chi connectivity index (χ0v) is 9.95. The van der Waals surface area contributed by atoms with Crippen molar-refractivity contribution in [2.45, 2.75) is 33.5 Å². The molecular weight excluding hydrogens is 208 g/mol. The summed E-state index contributed by atoms with van der Waals surface area (Å²) in [6.45, 7) is 6.50. The summed E-state index contributed by atoms with van der Waals surface area (Å²) in [5, 5.41) is 6.65. The molecule has 1 rings (SSSR count). The molecule has 0 aliphatic heterocycles. The summed E-state index contributed by atoms with van der Waals surface area (Å²) < 4.78 is 10.5. The van der Waals surface area contributed by atoms with E-state index in [-0.39, 0.29) is 5.78 Å². The molecule has 5 nitrogen and oxygen atoms in total. The van der Waals surface area contributed by atoms with Crippen molar-refractivity contribution < 1.29 is 14.3 Å². The molecule has 0 saturated heterocycles. The van der Waals surface area contributed by atoms with Crippen molar-refractivity contribution >= 4 is 5.78 Å². The van der Waals surface area contributed by atoms with Crippen LogP contribution in [0.4, 0.5) is 0 Å². The van der Waals surface area contributed by atoms with Crippen molar-refractivity contribution in [1.29, 1.82) is 0 Å². The minimum absolute atomic E-state index is 0.172. The van der Waals surface area contributed by atoms with Crippen LogP contribution >= 0.6 is 0 Å². The van der Waals surface area contributed by atoms with Crippen LogP contribution < -0.4 is 0 Å². The Labute approximate surface area is 95.1 Å².